The van der Waals surface area contributed by atoms with Gasteiger partial charge in [-0.3, -0.25) is 4.79 Å². The van der Waals surface area contributed by atoms with E-state index in [1.807, 2.05) is 34.9 Å². The lowest BCUT2D eigenvalue weighted by Gasteiger charge is -2.18. The Morgan fingerprint density at radius 3 is 2.79 bits per heavy atom. The molecule has 0 radical (unpaired) electrons. The van der Waals surface area contributed by atoms with Gasteiger partial charge in [0.1, 0.15) is 11.4 Å². The second-order valence-corrected chi connectivity index (χ2v) is 5.48. The summed E-state index contributed by atoms with van der Waals surface area (Å²) in [5, 5.41) is 0.544. The Morgan fingerprint density at radius 2 is 2.04 bits per heavy atom. The van der Waals surface area contributed by atoms with Crippen LogP contribution < -0.4 is 0 Å². The number of nitrogens with zero attached hydrogens (tertiary/aromatic N) is 3. The zero-order valence-corrected chi connectivity index (χ0v) is 14.6. The normalized spacial score (nSPS) is 11.8. The van der Waals surface area contributed by atoms with Crippen molar-refractivity contribution in [1.82, 2.24) is 14.5 Å². The first-order valence-electron chi connectivity index (χ1n) is 7.37. The Kier molecular flexibility index (Phi) is 6.17. The summed E-state index contributed by atoms with van der Waals surface area (Å²) < 4.78 is 7.07. The van der Waals surface area contributed by atoms with Gasteiger partial charge in [0.2, 0.25) is 0 Å². The third kappa shape index (κ3) is 3.68. The Morgan fingerprint density at radius 1 is 1.25 bits per heavy atom. The highest BCUT2D eigenvalue weighted by atomic mass is 35.5. The number of pyridine rings is 1. The number of benzene rings is 1. The Hall–Kier alpha value is -2.11. The van der Waals surface area contributed by atoms with Crippen LogP contribution in [0.5, 0.6) is 0 Å². The van der Waals surface area contributed by atoms with E-state index in [9.17, 15) is 4.79 Å². The monoisotopic (exact) mass is 365 g/mol. The van der Waals surface area contributed by atoms with Crippen molar-refractivity contribution in [3.8, 4) is 0 Å². The SMILES string of the molecule is CCOC(=O)C(Cn1cnc2cccnc21)c1ccccc1Cl.Cl. The van der Waals surface area contributed by atoms with Crippen molar-refractivity contribution in [2.24, 2.45) is 0 Å². The van der Waals surface area contributed by atoms with Crippen LogP contribution in [0.25, 0.3) is 11.2 Å². The number of carbonyl (C=O) groups excluding carboxylic acids is 1. The van der Waals surface area contributed by atoms with Gasteiger partial charge in [0.25, 0.3) is 0 Å². The fourth-order valence-electron chi connectivity index (χ4n) is 2.53. The average Bonchev–Trinajstić information content (AvgIpc) is 2.97. The van der Waals surface area contributed by atoms with Gasteiger partial charge in [0.05, 0.1) is 12.9 Å². The maximum absolute atomic E-state index is 12.4. The van der Waals surface area contributed by atoms with Crippen LogP contribution in [0.3, 0.4) is 0 Å². The maximum atomic E-state index is 12.4. The van der Waals surface area contributed by atoms with Crippen LogP contribution in [0.4, 0.5) is 0 Å². The third-order valence-corrected chi connectivity index (χ3v) is 3.95. The van der Waals surface area contributed by atoms with E-state index >= 15 is 0 Å². The molecule has 0 aliphatic heterocycles. The topological polar surface area (TPSA) is 57.0 Å². The van der Waals surface area contributed by atoms with Crippen LogP contribution in [0.1, 0.15) is 18.4 Å². The minimum atomic E-state index is -0.511. The van der Waals surface area contributed by atoms with Crippen LogP contribution in [-0.4, -0.2) is 27.1 Å². The summed E-state index contributed by atoms with van der Waals surface area (Å²) in [6.07, 6.45) is 3.39. The molecule has 1 aromatic carbocycles. The molecule has 3 rings (SSSR count). The number of rotatable bonds is 5. The number of halogens is 2. The number of esters is 1. The third-order valence-electron chi connectivity index (χ3n) is 3.61. The molecule has 0 bridgehead atoms. The fraction of sp³-hybridized carbons (Fsp3) is 0.235. The Balaban J connectivity index is 0.00000208. The lowest BCUT2D eigenvalue weighted by Crippen LogP contribution is -2.21. The molecule has 2 heterocycles. The van der Waals surface area contributed by atoms with E-state index in [0.29, 0.717) is 18.2 Å². The molecule has 1 atom stereocenters. The molecule has 0 saturated carbocycles. The number of fused-ring (bicyclic) bond motifs is 1. The van der Waals surface area contributed by atoms with Crippen LogP contribution in [0, 0.1) is 0 Å². The number of carbonyl (C=O) groups is 1. The smallest absolute Gasteiger partial charge is 0.315 e. The fourth-order valence-corrected chi connectivity index (χ4v) is 2.80. The molecule has 3 aromatic rings. The predicted molar refractivity (Wildman–Crippen MR) is 95.6 cm³/mol. The van der Waals surface area contributed by atoms with E-state index in [1.165, 1.54) is 0 Å². The van der Waals surface area contributed by atoms with Crippen molar-refractivity contribution in [3.63, 3.8) is 0 Å². The lowest BCUT2D eigenvalue weighted by molar-refractivity contribution is -0.145. The molecule has 0 spiro atoms. The van der Waals surface area contributed by atoms with Gasteiger partial charge in [-0.05, 0) is 30.7 Å². The lowest BCUT2D eigenvalue weighted by atomic mass is 9.99. The zero-order chi connectivity index (χ0) is 16.2. The summed E-state index contributed by atoms with van der Waals surface area (Å²) in [5.41, 5.74) is 2.26. The van der Waals surface area contributed by atoms with Gasteiger partial charge < -0.3 is 9.30 Å². The van der Waals surface area contributed by atoms with E-state index in [-0.39, 0.29) is 18.4 Å². The van der Waals surface area contributed by atoms with Crippen LogP contribution >= 0.6 is 24.0 Å². The minimum absolute atomic E-state index is 0. The number of hydrogen-bond acceptors (Lipinski definition) is 4. The van der Waals surface area contributed by atoms with E-state index < -0.39 is 5.92 Å². The Labute approximate surface area is 151 Å². The first-order chi connectivity index (χ1) is 11.2. The van der Waals surface area contributed by atoms with Crippen molar-refractivity contribution in [1.29, 1.82) is 0 Å². The summed E-state index contributed by atoms with van der Waals surface area (Å²) in [5.74, 6) is -0.818. The molecule has 0 fully saturated rings. The highest BCUT2D eigenvalue weighted by molar-refractivity contribution is 6.31. The summed E-state index contributed by atoms with van der Waals surface area (Å²) in [4.78, 5) is 21.1. The number of ether oxygens (including phenoxy) is 1. The molecule has 24 heavy (non-hydrogen) atoms. The van der Waals surface area contributed by atoms with E-state index in [1.54, 1.807) is 25.5 Å². The zero-order valence-electron chi connectivity index (χ0n) is 13.1. The average molecular weight is 366 g/mol. The van der Waals surface area contributed by atoms with E-state index in [2.05, 4.69) is 9.97 Å². The highest BCUT2D eigenvalue weighted by Crippen LogP contribution is 2.28. The summed E-state index contributed by atoms with van der Waals surface area (Å²) in [6.45, 7) is 2.48. The summed E-state index contributed by atoms with van der Waals surface area (Å²) in [7, 11) is 0. The van der Waals surface area contributed by atoms with Crippen molar-refractivity contribution in [2.75, 3.05) is 6.61 Å². The minimum Gasteiger partial charge on any atom is -0.465 e. The molecule has 126 valence electrons. The van der Waals surface area contributed by atoms with Crippen molar-refractivity contribution in [3.05, 3.63) is 59.5 Å². The van der Waals surface area contributed by atoms with Gasteiger partial charge in [-0.25, -0.2) is 9.97 Å². The van der Waals surface area contributed by atoms with E-state index in [0.717, 1.165) is 16.7 Å². The Bertz CT molecular complexity index is 835. The molecule has 5 nitrogen and oxygen atoms in total. The molecule has 0 aliphatic rings. The van der Waals surface area contributed by atoms with Crippen LogP contribution in [-0.2, 0) is 16.1 Å². The second-order valence-electron chi connectivity index (χ2n) is 5.07. The second kappa shape index (κ2) is 8.13. The number of hydrogen-bond donors (Lipinski definition) is 0. The number of aromatic nitrogens is 3. The van der Waals surface area contributed by atoms with Crippen LogP contribution in [0.15, 0.2) is 48.9 Å². The molecular weight excluding hydrogens is 349 g/mol. The molecule has 1 unspecified atom stereocenters. The quantitative estimate of drug-likeness (QED) is 0.644. The predicted octanol–water partition coefficient (Wildman–Crippen LogP) is 3.85. The van der Waals surface area contributed by atoms with Gasteiger partial charge in [-0.15, -0.1) is 12.4 Å². The van der Waals surface area contributed by atoms with Crippen molar-refractivity contribution in [2.45, 2.75) is 19.4 Å². The highest BCUT2D eigenvalue weighted by Gasteiger charge is 2.25. The largest absolute Gasteiger partial charge is 0.465 e. The molecular formula is C17H17Cl2N3O2. The molecule has 0 amide bonds. The van der Waals surface area contributed by atoms with Gasteiger partial charge in [-0.2, -0.15) is 0 Å². The maximum Gasteiger partial charge on any atom is 0.315 e. The first kappa shape index (κ1) is 18.2. The van der Waals surface area contributed by atoms with Gasteiger partial charge >= 0.3 is 5.97 Å². The van der Waals surface area contributed by atoms with Crippen molar-refractivity contribution >= 4 is 41.1 Å². The standard InChI is InChI=1S/C17H16ClN3O2.ClH/c1-2-23-17(22)13(12-6-3-4-7-14(12)18)10-21-11-20-15-8-5-9-19-16(15)21;/h3-9,11,13H,2,10H2,1H3;1H. The molecule has 0 aliphatic carbocycles. The molecule has 7 heteroatoms. The van der Waals surface area contributed by atoms with Gasteiger partial charge in [-0.1, -0.05) is 29.8 Å². The summed E-state index contributed by atoms with van der Waals surface area (Å²) >= 11 is 6.27. The van der Waals surface area contributed by atoms with Crippen molar-refractivity contribution < 1.29 is 9.53 Å². The van der Waals surface area contributed by atoms with E-state index in [4.69, 9.17) is 16.3 Å². The molecule has 2 aromatic heterocycles. The van der Waals surface area contributed by atoms with Crippen LogP contribution in [0.2, 0.25) is 5.02 Å². The first-order valence-corrected chi connectivity index (χ1v) is 7.75. The van der Waals surface area contributed by atoms with Gasteiger partial charge in [0, 0.05) is 17.8 Å². The van der Waals surface area contributed by atoms with Gasteiger partial charge in [0.15, 0.2) is 5.65 Å². The summed E-state index contributed by atoms with van der Waals surface area (Å²) in [6, 6.07) is 11.0. The number of imidazole rings is 1. The molecule has 0 saturated heterocycles. The molecule has 0 N–H and O–H groups in total.